The minimum absolute atomic E-state index is 0.0600. The fraction of sp³-hybridized carbons (Fsp3) is 0.389. The monoisotopic (exact) mass is 374 g/mol. The summed E-state index contributed by atoms with van der Waals surface area (Å²) in [6, 6.07) is 6.30. The molecular weight excluding hydrogens is 352 g/mol. The Hall–Kier alpha value is -2.32. The molecule has 1 aliphatic rings. The van der Waals surface area contributed by atoms with Crippen LogP contribution in [0.15, 0.2) is 47.8 Å². The van der Waals surface area contributed by atoms with Gasteiger partial charge in [-0.15, -0.1) is 0 Å². The van der Waals surface area contributed by atoms with Crippen LogP contribution in [-0.2, 0) is 10.0 Å². The van der Waals surface area contributed by atoms with Gasteiger partial charge in [-0.1, -0.05) is 13.3 Å². The van der Waals surface area contributed by atoms with E-state index < -0.39 is 15.9 Å². The summed E-state index contributed by atoms with van der Waals surface area (Å²) in [6.45, 7) is 2.58. The molecule has 1 amide bonds. The number of aromatic nitrogens is 2. The van der Waals surface area contributed by atoms with Gasteiger partial charge in [-0.2, -0.15) is 4.31 Å². The molecule has 0 unspecified atom stereocenters. The SMILES string of the molecule is CC[C@@H]1CCCCN1S(=O)(=O)c1ccc(NC(=O)c2cnccn2)cc1. The van der Waals surface area contributed by atoms with Crippen molar-refractivity contribution >= 4 is 21.6 Å². The van der Waals surface area contributed by atoms with Crippen LogP contribution in [0.5, 0.6) is 0 Å². The lowest BCUT2D eigenvalue weighted by atomic mass is 10.0. The van der Waals surface area contributed by atoms with Crippen molar-refractivity contribution < 1.29 is 13.2 Å². The van der Waals surface area contributed by atoms with Gasteiger partial charge in [0.15, 0.2) is 0 Å². The van der Waals surface area contributed by atoms with E-state index in [0.717, 1.165) is 25.7 Å². The first-order valence-electron chi connectivity index (χ1n) is 8.71. The van der Waals surface area contributed by atoms with Crippen LogP contribution in [0.25, 0.3) is 0 Å². The third-order valence-corrected chi connectivity index (χ3v) is 6.53. The number of hydrogen-bond donors (Lipinski definition) is 1. The van der Waals surface area contributed by atoms with Crippen LogP contribution in [0.3, 0.4) is 0 Å². The van der Waals surface area contributed by atoms with Gasteiger partial charge in [0.05, 0.1) is 11.1 Å². The lowest BCUT2D eigenvalue weighted by Gasteiger charge is -2.34. The first-order valence-corrected chi connectivity index (χ1v) is 10.2. The van der Waals surface area contributed by atoms with Crippen LogP contribution >= 0.6 is 0 Å². The quantitative estimate of drug-likeness (QED) is 0.869. The molecule has 0 aliphatic carbocycles. The highest BCUT2D eigenvalue weighted by molar-refractivity contribution is 7.89. The fourth-order valence-corrected chi connectivity index (χ4v) is 4.92. The van der Waals surface area contributed by atoms with E-state index in [1.807, 2.05) is 6.92 Å². The summed E-state index contributed by atoms with van der Waals surface area (Å²) < 4.78 is 27.5. The molecule has 2 aromatic rings. The van der Waals surface area contributed by atoms with E-state index in [1.54, 1.807) is 16.4 Å². The zero-order valence-electron chi connectivity index (χ0n) is 14.6. The van der Waals surface area contributed by atoms with Crippen molar-refractivity contribution in [1.29, 1.82) is 0 Å². The van der Waals surface area contributed by atoms with E-state index in [4.69, 9.17) is 0 Å². The standard InChI is InChI=1S/C18H22N4O3S/c1-2-15-5-3-4-12-22(15)26(24,25)16-8-6-14(7-9-16)21-18(23)17-13-19-10-11-20-17/h6-11,13,15H,2-5,12H2,1H3,(H,21,23)/t15-/m1/s1. The predicted molar refractivity (Wildman–Crippen MR) is 98.2 cm³/mol. The number of nitrogens with one attached hydrogen (secondary N) is 1. The van der Waals surface area contributed by atoms with Gasteiger partial charge in [0.1, 0.15) is 5.69 Å². The molecule has 0 bridgehead atoms. The van der Waals surface area contributed by atoms with E-state index >= 15 is 0 Å². The number of carbonyl (C=O) groups excluding carboxylic acids is 1. The molecule has 8 heteroatoms. The maximum absolute atomic E-state index is 12.9. The van der Waals surface area contributed by atoms with E-state index in [1.165, 1.54) is 30.7 Å². The molecule has 0 spiro atoms. The number of sulfonamides is 1. The molecule has 1 N–H and O–H groups in total. The second-order valence-corrected chi connectivity index (χ2v) is 8.13. The van der Waals surface area contributed by atoms with Crippen LogP contribution in [0.1, 0.15) is 43.1 Å². The highest BCUT2D eigenvalue weighted by Gasteiger charge is 2.32. The number of benzene rings is 1. The van der Waals surface area contributed by atoms with Gasteiger partial charge >= 0.3 is 0 Å². The van der Waals surface area contributed by atoms with Crippen LogP contribution in [0.2, 0.25) is 0 Å². The number of anilines is 1. The minimum atomic E-state index is -3.52. The van der Waals surface area contributed by atoms with Gasteiger partial charge in [0, 0.05) is 30.7 Å². The summed E-state index contributed by atoms with van der Waals surface area (Å²) in [5.41, 5.74) is 0.702. The lowest BCUT2D eigenvalue weighted by Crippen LogP contribution is -2.43. The molecule has 1 aromatic carbocycles. The number of nitrogens with zero attached hydrogens (tertiary/aromatic N) is 3. The van der Waals surface area contributed by atoms with E-state index in [-0.39, 0.29) is 16.6 Å². The summed E-state index contributed by atoms with van der Waals surface area (Å²) in [6.07, 6.45) is 7.97. The van der Waals surface area contributed by atoms with Crippen LogP contribution in [0, 0.1) is 0 Å². The highest BCUT2D eigenvalue weighted by Crippen LogP contribution is 2.27. The third kappa shape index (κ3) is 3.91. The van der Waals surface area contributed by atoms with Crippen molar-refractivity contribution in [1.82, 2.24) is 14.3 Å². The molecule has 0 radical (unpaired) electrons. The molecule has 1 fully saturated rings. The Kier molecular flexibility index (Phi) is 5.63. The van der Waals surface area contributed by atoms with E-state index in [9.17, 15) is 13.2 Å². The maximum atomic E-state index is 12.9. The van der Waals surface area contributed by atoms with Crippen molar-refractivity contribution in [3.8, 4) is 0 Å². The largest absolute Gasteiger partial charge is 0.321 e. The summed E-state index contributed by atoms with van der Waals surface area (Å²) in [5, 5.41) is 2.69. The number of rotatable bonds is 5. The molecule has 1 aliphatic heterocycles. The molecule has 1 aromatic heterocycles. The summed E-state index contributed by atoms with van der Waals surface area (Å²) in [7, 11) is -3.52. The van der Waals surface area contributed by atoms with E-state index in [0.29, 0.717) is 12.2 Å². The van der Waals surface area contributed by atoms with Crippen LogP contribution in [-0.4, -0.2) is 41.2 Å². The van der Waals surface area contributed by atoms with Crippen molar-refractivity contribution in [2.45, 2.75) is 43.5 Å². The summed E-state index contributed by atoms with van der Waals surface area (Å²) in [5.74, 6) is -0.393. The Morgan fingerprint density at radius 1 is 1.23 bits per heavy atom. The van der Waals surface area contributed by atoms with Crippen LogP contribution < -0.4 is 5.32 Å². The summed E-state index contributed by atoms with van der Waals surface area (Å²) >= 11 is 0. The third-order valence-electron chi connectivity index (χ3n) is 4.56. The molecule has 26 heavy (non-hydrogen) atoms. The van der Waals surface area contributed by atoms with Gasteiger partial charge in [0.2, 0.25) is 10.0 Å². The molecule has 0 saturated carbocycles. The Balaban J connectivity index is 1.75. The number of carbonyl (C=O) groups is 1. The molecule has 7 nitrogen and oxygen atoms in total. The zero-order chi connectivity index (χ0) is 18.6. The first-order chi connectivity index (χ1) is 12.5. The Morgan fingerprint density at radius 2 is 2.00 bits per heavy atom. The van der Waals surface area contributed by atoms with Crippen molar-refractivity contribution in [3.63, 3.8) is 0 Å². The summed E-state index contributed by atoms with van der Waals surface area (Å²) in [4.78, 5) is 20.1. The smallest absolute Gasteiger partial charge is 0.275 e. The fourth-order valence-electron chi connectivity index (χ4n) is 3.16. The first kappa shape index (κ1) is 18.5. The van der Waals surface area contributed by atoms with Crippen LogP contribution in [0.4, 0.5) is 5.69 Å². The molecule has 138 valence electrons. The van der Waals surface area contributed by atoms with Crippen molar-refractivity contribution in [2.24, 2.45) is 0 Å². The molecule has 2 heterocycles. The van der Waals surface area contributed by atoms with Gasteiger partial charge in [-0.3, -0.25) is 9.78 Å². The highest BCUT2D eigenvalue weighted by atomic mass is 32.2. The number of amides is 1. The molecule has 1 saturated heterocycles. The van der Waals surface area contributed by atoms with Gasteiger partial charge in [0.25, 0.3) is 5.91 Å². The Labute approximate surface area is 153 Å². The average Bonchev–Trinajstić information content (AvgIpc) is 2.69. The van der Waals surface area contributed by atoms with Gasteiger partial charge in [-0.25, -0.2) is 13.4 Å². The second kappa shape index (κ2) is 7.92. The number of hydrogen-bond acceptors (Lipinski definition) is 5. The van der Waals surface area contributed by atoms with Crippen molar-refractivity contribution in [3.05, 3.63) is 48.5 Å². The van der Waals surface area contributed by atoms with E-state index in [2.05, 4.69) is 15.3 Å². The minimum Gasteiger partial charge on any atom is -0.321 e. The molecule has 3 rings (SSSR count). The molecular formula is C18H22N4O3S. The Morgan fingerprint density at radius 3 is 2.65 bits per heavy atom. The topological polar surface area (TPSA) is 92.3 Å². The van der Waals surface area contributed by atoms with Crippen molar-refractivity contribution in [2.75, 3.05) is 11.9 Å². The predicted octanol–water partition coefficient (Wildman–Crippen LogP) is 2.68. The van der Waals surface area contributed by atoms with Gasteiger partial charge < -0.3 is 5.32 Å². The maximum Gasteiger partial charge on any atom is 0.275 e. The van der Waals surface area contributed by atoms with Gasteiger partial charge in [-0.05, 0) is 43.5 Å². The zero-order valence-corrected chi connectivity index (χ0v) is 15.4. The second-order valence-electron chi connectivity index (χ2n) is 6.24. The lowest BCUT2D eigenvalue weighted by molar-refractivity contribution is 0.102. The normalized spacial score (nSPS) is 18.4. The molecule has 1 atom stereocenters. The number of piperidine rings is 1. The average molecular weight is 374 g/mol. The Bertz CT molecular complexity index is 854.